The summed E-state index contributed by atoms with van der Waals surface area (Å²) in [5.41, 5.74) is 0. The minimum absolute atomic E-state index is 0. The van der Waals surface area contributed by atoms with Crippen molar-refractivity contribution in [3.8, 4) is 0 Å². The number of aromatic nitrogens is 1. The number of hydrogen-bond acceptors (Lipinski definition) is 5. The van der Waals surface area contributed by atoms with Crippen LogP contribution in [0.5, 0.6) is 0 Å². The summed E-state index contributed by atoms with van der Waals surface area (Å²) in [5.74, 6) is 1.77. The number of ether oxygens (including phenoxy) is 1. The fraction of sp³-hybridized carbons (Fsp3) is 0.556. The molecule has 0 aliphatic carbocycles. The predicted molar refractivity (Wildman–Crippen MR) is 115 cm³/mol. The van der Waals surface area contributed by atoms with E-state index in [9.17, 15) is 0 Å². The van der Waals surface area contributed by atoms with Crippen LogP contribution < -0.4 is 10.6 Å². The van der Waals surface area contributed by atoms with Crippen molar-refractivity contribution in [2.75, 3.05) is 19.7 Å². The Kier molecular flexibility index (Phi) is 9.41. The molecule has 1 aliphatic rings. The maximum atomic E-state index is 5.68. The van der Waals surface area contributed by atoms with Gasteiger partial charge in [-0.2, -0.15) is 0 Å². The first-order chi connectivity index (χ1) is 12.3. The molecular formula is C18H27IN4O2S. The van der Waals surface area contributed by atoms with Crippen LogP contribution in [0.4, 0.5) is 0 Å². The van der Waals surface area contributed by atoms with Gasteiger partial charge in [0.15, 0.2) is 5.96 Å². The zero-order valence-corrected chi connectivity index (χ0v) is 18.2. The first-order valence-corrected chi connectivity index (χ1v) is 9.75. The van der Waals surface area contributed by atoms with Crippen molar-refractivity contribution in [1.82, 2.24) is 15.6 Å². The Hall–Kier alpha value is -1.13. The Bertz CT molecular complexity index is 654. The standard InChI is InChI=1S/C18H26N4O2S.HI/c1-2-16-12-20-17(25-16)13-22-18(21-11-15-6-4-10-24-15)19-8-7-14-5-3-9-23-14;/h3,5,9,12,15H,2,4,6-8,10-11,13H2,1H3,(H2,19,21,22);1H. The van der Waals surface area contributed by atoms with Gasteiger partial charge in [-0.3, -0.25) is 0 Å². The van der Waals surface area contributed by atoms with Gasteiger partial charge >= 0.3 is 0 Å². The van der Waals surface area contributed by atoms with Gasteiger partial charge < -0.3 is 19.8 Å². The van der Waals surface area contributed by atoms with E-state index in [0.717, 1.165) is 62.1 Å². The maximum Gasteiger partial charge on any atom is 0.191 e. The van der Waals surface area contributed by atoms with Crippen LogP contribution in [0, 0.1) is 0 Å². The molecule has 1 saturated heterocycles. The maximum absolute atomic E-state index is 5.68. The van der Waals surface area contributed by atoms with Crippen molar-refractivity contribution < 1.29 is 9.15 Å². The van der Waals surface area contributed by atoms with Crippen LogP contribution in [0.2, 0.25) is 0 Å². The van der Waals surface area contributed by atoms with E-state index in [1.807, 2.05) is 18.3 Å². The Balaban J connectivity index is 0.00000243. The molecule has 1 fully saturated rings. The summed E-state index contributed by atoms with van der Waals surface area (Å²) >= 11 is 1.73. The number of furan rings is 1. The monoisotopic (exact) mass is 490 g/mol. The van der Waals surface area contributed by atoms with E-state index >= 15 is 0 Å². The largest absolute Gasteiger partial charge is 0.469 e. The van der Waals surface area contributed by atoms with Gasteiger partial charge in [0.1, 0.15) is 10.8 Å². The first-order valence-electron chi connectivity index (χ1n) is 8.93. The van der Waals surface area contributed by atoms with Gasteiger partial charge in [0.2, 0.25) is 0 Å². The van der Waals surface area contributed by atoms with Gasteiger partial charge in [0.05, 0.1) is 18.9 Å². The summed E-state index contributed by atoms with van der Waals surface area (Å²) in [5, 5.41) is 7.81. The highest BCUT2D eigenvalue weighted by molar-refractivity contribution is 14.0. The molecule has 2 aromatic heterocycles. The minimum Gasteiger partial charge on any atom is -0.469 e. The SMILES string of the molecule is CCc1cnc(CN=C(NCCc2ccco2)NCC2CCCO2)s1.I. The molecule has 3 rings (SSSR count). The molecule has 2 aromatic rings. The molecule has 26 heavy (non-hydrogen) atoms. The molecule has 0 aromatic carbocycles. The molecule has 0 amide bonds. The molecule has 0 saturated carbocycles. The van der Waals surface area contributed by atoms with E-state index in [1.54, 1.807) is 17.6 Å². The van der Waals surface area contributed by atoms with Crippen LogP contribution >= 0.6 is 35.3 Å². The number of aliphatic imine (C=N–C) groups is 1. The lowest BCUT2D eigenvalue weighted by Gasteiger charge is -2.15. The normalized spacial score (nSPS) is 17.1. The van der Waals surface area contributed by atoms with Crippen LogP contribution in [-0.4, -0.2) is 36.7 Å². The van der Waals surface area contributed by atoms with Crippen LogP contribution in [0.1, 0.15) is 35.4 Å². The Morgan fingerprint density at radius 3 is 3.04 bits per heavy atom. The second-order valence-corrected chi connectivity index (χ2v) is 7.21. The lowest BCUT2D eigenvalue weighted by molar-refractivity contribution is 0.114. The second-order valence-electron chi connectivity index (χ2n) is 6.01. The highest BCUT2D eigenvalue weighted by atomic mass is 127. The Morgan fingerprint density at radius 1 is 1.42 bits per heavy atom. The van der Waals surface area contributed by atoms with Crippen molar-refractivity contribution in [2.24, 2.45) is 4.99 Å². The lowest BCUT2D eigenvalue weighted by Crippen LogP contribution is -2.41. The van der Waals surface area contributed by atoms with E-state index in [4.69, 9.17) is 9.15 Å². The third-order valence-electron chi connectivity index (χ3n) is 4.09. The Labute approximate surface area is 175 Å². The number of nitrogens with zero attached hydrogens (tertiary/aromatic N) is 2. The summed E-state index contributed by atoms with van der Waals surface area (Å²) < 4.78 is 11.0. The van der Waals surface area contributed by atoms with Crippen molar-refractivity contribution in [3.63, 3.8) is 0 Å². The van der Waals surface area contributed by atoms with Crippen LogP contribution in [0.15, 0.2) is 34.0 Å². The van der Waals surface area contributed by atoms with E-state index in [0.29, 0.717) is 6.54 Å². The van der Waals surface area contributed by atoms with Gasteiger partial charge in [-0.15, -0.1) is 35.3 Å². The summed E-state index contributed by atoms with van der Waals surface area (Å²) in [6.45, 7) is 5.15. The van der Waals surface area contributed by atoms with Crippen molar-refractivity contribution in [1.29, 1.82) is 0 Å². The average Bonchev–Trinajstić information content (AvgIpc) is 3.39. The quantitative estimate of drug-likeness (QED) is 0.337. The first kappa shape index (κ1) is 21.2. The van der Waals surface area contributed by atoms with E-state index in [-0.39, 0.29) is 30.1 Å². The molecule has 2 N–H and O–H groups in total. The van der Waals surface area contributed by atoms with Gasteiger partial charge in [0, 0.05) is 37.2 Å². The van der Waals surface area contributed by atoms with Gasteiger partial charge in [0.25, 0.3) is 0 Å². The third-order valence-corrected chi connectivity index (χ3v) is 5.21. The topological polar surface area (TPSA) is 71.7 Å². The average molecular weight is 490 g/mol. The fourth-order valence-electron chi connectivity index (χ4n) is 2.68. The molecule has 0 bridgehead atoms. The number of guanidine groups is 1. The van der Waals surface area contributed by atoms with Gasteiger partial charge in [-0.25, -0.2) is 9.98 Å². The molecule has 1 unspecified atom stereocenters. The molecule has 0 radical (unpaired) electrons. The molecule has 8 heteroatoms. The molecule has 3 heterocycles. The third kappa shape index (κ3) is 6.88. The van der Waals surface area contributed by atoms with Crippen LogP contribution in [-0.2, 0) is 24.1 Å². The predicted octanol–water partition coefficient (Wildman–Crippen LogP) is 3.37. The van der Waals surface area contributed by atoms with Crippen molar-refractivity contribution in [2.45, 2.75) is 45.3 Å². The summed E-state index contributed by atoms with van der Waals surface area (Å²) in [6, 6.07) is 3.90. The van der Waals surface area contributed by atoms with E-state index in [2.05, 4.69) is 27.5 Å². The fourth-order valence-corrected chi connectivity index (χ4v) is 3.47. The molecular weight excluding hydrogens is 463 g/mol. The highest BCUT2D eigenvalue weighted by Crippen LogP contribution is 2.14. The molecule has 0 spiro atoms. The molecule has 6 nitrogen and oxygen atoms in total. The lowest BCUT2D eigenvalue weighted by atomic mass is 10.2. The van der Waals surface area contributed by atoms with E-state index < -0.39 is 0 Å². The van der Waals surface area contributed by atoms with Gasteiger partial charge in [-0.1, -0.05) is 6.92 Å². The minimum atomic E-state index is 0. The Morgan fingerprint density at radius 2 is 2.35 bits per heavy atom. The van der Waals surface area contributed by atoms with Crippen molar-refractivity contribution in [3.05, 3.63) is 40.2 Å². The zero-order valence-electron chi connectivity index (χ0n) is 15.1. The van der Waals surface area contributed by atoms with Crippen LogP contribution in [0.25, 0.3) is 0 Å². The number of aryl methyl sites for hydroxylation is 1. The smallest absolute Gasteiger partial charge is 0.191 e. The molecule has 1 atom stereocenters. The van der Waals surface area contributed by atoms with E-state index in [1.165, 1.54) is 4.88 Å². The summed E-state index contributed by atoms with van der Waals surface area (Å²) in [6.07, 6.45) is 8.02. The number of halogens is 1. The van der Waals surface area contributed by atoms with Crippen molar-refractivity contribution >= 4 is 41.3 Å². The van der Waals surface area contributed by atoms with Crippen LogP contribution in [0.3, 0.4) is 0 Å². The number of hydrogen-bond donors (Lipinski definition) is 2. The summed E-state index contributed by atoms with van der Waals surface area (Å²) in [4.78, 5) is 10.4. The highest BCUT2D eigenvalue weighted by Gasteiger charge is 2.15. The number of rotatable bonds is 8. The molecule has 1 aliphatic heterocycles. The summed E-state index contributed by atoms with van der Waals surface area (Å²) in [7, 11) is 0. The number of nitrogens with one attached hydrogen (secondary N) is 2. The number of thiazole rings is 1. The van der Waals surface area contributed by atoms with Gasteiger partial charge in [-0.05, 0) is 31.4 Å². The zero-order chi connectivity index (χ0) is 17.3. The molecule has 144 valence electrons. The second kappa shape index (κ2) is 11.6.